The number of morpholine rings is 1. The summed E-state index contributed by atoms with van der Waals surface area (Å²) in [4.78, 5) is 14.8. The summed E-state index contributed by atoms with van der Waals surface area (Å²) >= 11 is 0. The van der Waals surface area contributed by atoms with Gasteiger partial charge in [0, 0.05) is 13.1 Å². The second kappa shape index (κ2) is 8.79. The Bertz CT molecular complexity index is 660. The molecule has 0 spiro atoms. The quantitative estimate of drug-likeness (QED) is 0.881. The highest BCUT2D eigenvalue weighted by atomic mass is 16.5. The molecule has 1 aliphatic rings. The van der Waals surface area contributed by atoms with Gasteiger partial charge in [-0.2, -0.15) is 0 Å². The average Bonchev–Trinajstić information content (AvgIpc) is 2.63. The summed E-state index contributed by atoms with van der Waals surface area (Å²) in [5.74, 6) is 0.0684. The number of amides is 1. The van der Waals surface area contributed by atoms with Crippen molar-refractivity contribution in [2.45, 2.75) is 25.5 Å². The van der Waals surface area contributed by atoms with Crippen LogP contribution < -0.4 is 5.32 Å². The maximum atomic E-state index is 12.6. The van der Waals surface area contributed by atoms with Crippen molar-refractivity contribution >= 4 is 5.91 Å². The molecule has 2 unspecified atom stereocenters. The SMILES string of the molecule is CC1CN(CC(=O)NC(Cc2ccccc2)c2ccccc2)CCO1. The van der Waals surface area contributed by atoms with Gasteiger partial charge in [-0.25, -0.2) is 0 Å². The second-order valence-corrected chi connectivity index (χ2v) is 6.64. The Labute approximate surface area is 149 Å². The van der Waals surface area contributed by atoms with Crippen LogP contribution in [0.2, 0.25) is 0 Å². The van der Waals surface area contributed by atoms with E-state index < -0.39 is 0 Å². The molecule has 4 heteroatoms. The van der Waals surface area contributed by atoms with Gasteiger partial charge < -0.3 is 10.1 Å². The predicted octanol–water partition coefficient (Wildman–Crippen LogP) is 2.81. The number of carbonyl (C=O) groups excluding carboxylic acids is 1. The number of hydrogen-bond acceptors (Lipinski definition) is 3. The van der Waals surface area contributed by atoms with Crippen molar-refractivity contribution in [1.82, 2.24) is 10.2 Å². The molecule has 2 aromatic carbocycles. The lowest BCUT2D eigenvalue weighted by atomic mass is 9.99. The van der Waals surface area contributed by atoms with Gasteiger partial charge >= 0.3 is 0 Å². The molecule has 1 heterocycles. The van der Waals surface area contributed by atoms with Gasteiger partial charge in [-0.3, -0.25) is 9.69 Å². The largest absolute Gasteiger partial charge is 0.376 e. The van der Waals surface area contributed by atoms with Gasteiger partial charge in [0.25, 0.3) is 0 Å². The van der Waals surface area contributed by atoms with E-state index in [1.165, 1.54) is 5.56 Å². The number of ether oxygens (including phenoxy) is 1. The van der Waals surface area contributed by atoms with Crippen molar-refractivity contribution in [3.63, 3.8) is 0 Å². The fourth-order valence-corrected chi connectivity index (χ4v) is 3.26. The Morgan fingerprint density at radius 3 is 2.52 bits per heavy atom. The van der Waals surface area contributed by atoms with E-state index in [1.807, 2.05) is 43.3 Å². The van der Waals surface area contributed by atoms with E-state index in [2.05, 4.69) is 34.5 Å². The molecular formula is C21H26N2O2. The Morgan fingerprint density at radius 1 is 1.16 bits per heavy atom. The number of nitrogens with one attached hydrogen (secondary N) is 1. The molecule has 2 atom stereocenters. The molecule has 1 saturated heterocycles. The van der Waals surface area contributed by atoms with Crippen LogP contribution in [0.3, 0.4) is 0 Å². The maximum absolute atomic E-state index is 12.6. The summed E-state index contributed by atoms with van der Waals surface area (Å²) in [5, 5.41) is 3.22. The van der Waals surface area contributed by atoms with Crippen molar-refractivity contribution in [2.75, 3.05) is 26.2 Å². The predicted molar refractivity (Wildman–Crippen MR) is 99.3 cm³/mol. The lowest BCUT2D eigenvalue weighted by molar-refractivity contribution is -0.124. The van der Waals surface area contributed by atoms with Gasteiger partial charge in [0.1, 0.15) is 0 Å². The normalized spacial score (nSPS) is 19.3. The molecule has 0 aliphatic carbocycles. The fraction of sp³-hybridized carbons (Fsp3) is 0.381. The molecule has 1 amide bonds. The van der Waals surface area contributed by atoms with Crippen molar-refractivity contribution in [2.24, 2.45) is 0 Å². The van der Waals surface area contributed by atoms with E-state index >= 15 is 0 Å². The van der Waals surface area contributed by atoms with E-state index in [0.717, 1.165) is 25.1 Å². The zero-order valence-electron chi connectivity index (χ0n) is 14.7. The van der Waals surface area contributed by atoms with E-state index in [9.17, 15) is 4.79 Å². The summed E-state index contributed by atoms with van der Waals surface area (Å²) in [6.07, 6.45) is 0.978. The van der Waals surface area contributed by atoms with Crippen LogP contribution in [0.15, 0.2) is 60.7 Å². The first-order valence-corrected chi connectivity index (χ1v) is 8.93. The van der Waals surface area contributed by atoms with E-state index in [4.69, 9.17) is 4.74 Å². The first kappa shape index (κ1) is 17.6. The van der Waals surface area contributed by atoms with E-state index in [0.29, 0.717) is 13.2 Å². The standard InChI is InChI=1S/C21H26N2O2/c1-17-15-23(12-13-25-17)16-21(24)22-20(19-10-6-3-7-11-19)14-18-8-4-2-5-9-18/h2-11,17,20H,12-16H2,1H3,(H,22,24). The number of benzene rings is 2. The minimum atomic E-state index is -0.0189. The third-order valence-corrected chi connectivity index (χ3v) is 4.51. The lowest BCUT2D eigenvalue weighted by Gasteiger charge is -2.31. The molecular weight excluding hydrogens is 312 g/mol. The fourth-order valence-electron chi connectivity index (χ4n) is 3.26. The summed E-state index contributed by atoms with van der Waals surface area (Å²) in [6.45, 7) is 4.78. The molecule has 0 aromatic heterocycles. The third-order valence-electron chi connectivity index (χ3n) is 4.51. The Balaban J connectivity index is 1.65. The molecule has 0 bridgehead atoms. The van der Waals surface area contributed by atoms with Crippen molar-refractivity contribution < 1.29 is 9.53 Å². The molecule has 0 radical (unpaired) electrons. The van der Waals surface area contributed by atoms with Crippen molar-refractivity contribution in [1.29, 1.82) is 0 Å². The maximum Gasteiger partial charge on any atom is 0.234 e. The molecule has 2 aromatic rings. The molecule has 1 N–H and O–H groups in total. The second-order valence-electron chi connectivity index (χ2n) is 6.64. The summed E-state index contributed by atoms with van der Waals surface area (Å²) in [5.41, 5.74) is 2.35. The van der Waals surface area contributed by atoms with Crippen LogP contribution in [0, 0.1) is 0 Å². The molecule has 1 aliphatic heterocycles. The number of rotatable bonds is 6. The van der Waals surface area contributed by atoms with Gasteiger partial charge in [0.05, 0.1) is 25.3 Å². The smallest absolute Gasteiger partial charge is 0.234 e. The minimum absolute atomic E-state index is 0.0189. The first-order chi connectivity index (χ1) is 12.2. The number of carbonyl (C=O) groups is 1. The lowest BCUT2D eigenvalue weighted by Crippen LogP contribution is -2.46. The third kappa shape index (κ3) is 5.41. The average molecular weight is 338 g/mol. The van der Waals surface area contributed by atoms with Gasteiger partial charge in [-0.15, -0.1) is 0 Å². The number of hydrogen-bond donors (Lipinski definition) is 1. The van der Waals surface area contributed by atoms with Gasteiger partial charge in [-0.05, 0) is 24.5 Å². The highest BCUT2D eigenvalue weighted by Gasteiger charge is 2.21. The molecule has 3 rings (SSSR count). The monoisotopic (exact) mass is 338 g/mol. The summed E-state index contributed by atoms with van der Waals surface area (Å²) in [7, 11) is 0. The molecule has 1 fully saturated rings. The molecule has 132 valence electrons. The summed E-state index contributed by atoms with van der Waals surface area (Å²) < 4.78 is 5.55. The van der Waals surface area contributed by atoms with E-state index in [1.54, 1.807) is 0 Å². The first-order valence-electron chi connectivity index (χ1n) is 8.93. The van der Waals surface area contributed by atoms with Gasteiger partial charge in [0.15, 0.2) is 0 Å². The van der Waals surface area contributed by atoms with Crippen molar-refractivity contribution in [3.8, 4) is 0 Å². The molecule has 25 heavy (non-hydrogen) atoms. The van der Waals surface area contributed by atoms with Crippen LogP contribution in [-0.4, -0.2) is 43.2 Å². The molecule has 4 nitrogen and oxygen atoms in total. The van der Waals surface area contributed by atoms with Crippen molar-refractivity contribution in [3.05, 3.63) is 71.8 Å². The highest BCUT2D eigenvalue weighted by Crippen LogP contribution is 2.18. The highest BCUT2D eigenvalue weighted by molar-refractivity contribution is 5.78. The van der Waals surface area contributed by atoms with Crippen LogP contribution in [0.25, 0.3) is 0 Å². The van der Waals surface area contributed by atoms with E-state index in [-0.39, 0.29) is 18.1 Å². The minimum Gasteiger partial charge on any atom is -0.376 e. The Kier molecular flexibility index (Phi) is 6.20. The van der Waals surface area contributed by atoms with Crippen LogP contribution >= 0.6 is 0 Å². The summed E-state index contributed by atoms with van der Waals surface area (Å²) in [6, 6.07) is 20.5. The van der Waals surface area contributed by atoms with Crippen LogP contribution in [0.4, 0.5) is 0 Å². The van der Waals surface area contributed by atoms with Crippen LogP contribution in [0.1, 0.15) is 24.1 Å². The molecule has 0 saturated carbocycles. The van der Waals surface area contributed by atoms with Crippen LogP contribution in [-0.2, 0) is 16.0 Å². The Morgan fingerprint density at radius 2 is 1.84 bits per heavy atom. The van der Waals surface area contributed by atoms with Gasteiger partial charge in [-0.1, -0.05) is 60.7 Å². The Hall–Kier alpha value is -2.17. The zero-order valence-corrected chi connectivity index (χ0v) is 14.7. The number of nitrogens with zero attached hydrogens (tertiary/aromatic N) is 1. The van der Waals surface area contributed by atoms with Gasteiger partial charge in [0.2, 0.25) is 5.91 Å². The zero-order chi connectivity index (χ0) is 17.5. The topological polar surface area (TPSA) is 41.6 Å². The van der Waals surface area contributed by atoms with Crippen LogP contribution in [0.5, 0.6) is 0 Å².